The lowest BCUT2D eigenvalue weighted by atomic mass is 9.89. The van der Waals surface area contributed by atoms with E-state index in [4.69, 9.17) is 18.2 Å². The Morgan fingerprint density at radius 3 is 2.23 bits per heavy atom. The predicted molar refractivity (Wildman–Crippen MR) is 103 cm³/mol. The van der Waals surface area contributed by atoms with Crippen LogP contribution in [0.4, 0.5) is 5.69 Å². The molecular formula is C20H20ClNO3S. The molecule has 0 unspecified atom stereocenters. The Morgan fingerprint density at radius 1 is 1.04 bits per heavy atom. The first-order valence-corrected chi connectivity index (χ1v) is 10.6. The van der Waals surface area contributed by atoms with Gasteiger partial charge in [-0.05, 0) is 54.9 Å². The van der Waals surface area contributed by atoms with Gasteiger partial charge in [0.1, 0.15) is 0 Å². The van der Waals surface area contributed by atoms with E-state index in [1.165, 1.54) is 0 Å². The number of nitrogens with zero attached hydrogens (tertiary/aromatic N) is 1. The third-order valence-corrected chi connectivity index (χ3v) is 7.23. The maximum Gasteiger partial charge on any atom is 0.187 e. The summed E-state index contributed by atoms with van der Waals surface area (Å²) in [5.41, 5.74) is 2.24. The molecule has 6 heteroatoms. The maximum atomic E-state index is 12.8. The Labute approximate surface area is 159 Å². The van der Waals surface area contributed by atoms with Gasteiger partial charge < -0.3 is 5.11 Å². The fourth-order valence-corrected chi connectivity index (χ4v) is 5.67. The van der Waals surface area contributed by atoms with Gasteiger partial charge in [-0.25, -0.2) is 13.3 Å². The summed E-state index contributed by atoms with van der Waals surface area (Å²) in [5, 5.41) is 9.79. The molecule has 0 bridgehead atoms. The second kappa shape index (κ2) is 7.79. The number of halogens is 1. The van der Waals surface area contributed by atoms with Crippen molar-refractivity contribution in [1.29, 1.82) is 0 Å². The molecule has 4 nitrogen and oxygen atoms in total. The normalized spacial score (nSPS) is 20.5. The van der Waals surface area contributed by atoms with Gasteiger partial charge in [0.2, 0.25) is 0 Å². The number of aliphatic hydroxyl groups excluding tert-OH is 1. The molecule has 1 N–H and O–H groups in total. The van der Waals surface area contributed by atoms with Crippen molar-refractivity contribution in [1.82, 2.24) is 0 Å². The van der Waals surface area contributed by atoms with Gasteiger partial charge in [-0.2, -0.15) is 0 Å². The second-order valence-corrected chi connectivity index (χ2v) is 9.17. The van der Waals surface area contributed by atoms with Gasteiger partial charge in [-0.3, -0.25) is 0 Å². The molecule has 0 aliphatic heterocycles. The number of sulfone groups is 1. The molecule has 0 spiro atoms. The summed E-state index contributed by atoms with van der Waals surface area (Å²) < 4.78 is 25.5. The van der Waals surface area contributed by atoms with Crippen LogP contribution in [0.2, 0.25) is 5.02 Å². The van der Waals surface area contributed by atoms with Crippen molar-refractivity contribution in [3.63, 3.8) is 0 Å². The van der Waals surface area contributed by atoms with E-state index in [0.29, 0.717) is 18.5 Å². The van der Waals surface area contributed by atoms with Gasteiger partial charge >= 0.3 is 0 Å². The smallest absolute Gasteiger partial charge is 0.187 e. The Morgan fingerprint density at radius 2 is 1.65 bits per heavy atom. The van der Waals surface area contributed by atoms with Gasteiger partial charge in [0.25, 0.3) is 0 Å². The molecule has 0 radical (unpaired) electrons. The topological polar surface area (TPSA) is 58.7 Å². The predicted octanol–water partition coefficient (Wildman–Crippen LogP) is 4.88. The van der Waals surface area contributed by atoms with Crippen molar-refractivity contribution < 1.29 is 13.5 Å². The molecule has 2 aromatic rings. The van der Waals surface area contributed by atoms with Gasteiger partial charge in [-0.1, -0.05) is 41.9 Å². The standard InChI is InChI=1S/C20H20ClNO3S/c1-22-17-7-4-15(5-8-17)16-6-11-20(19(21)12-16)26(24,25)13-14-2-9-18(23)10-3-14/h4-8,11-12,14,18,23H,2-3,9-10,13H2. The molecule has 0 atom stereocenters. The van der Waals surface area contributed by atoms with Crippen LogP contribution in [0, 0.1) is 12.5 Å². The van der Waals surface area contributed by atoms with Crippen molar-refractivity contribution in [2.24, 2.45) is 5.92 Å². The largest absolute Gasteiger partial charge is 0.393 e. The van der Waals surface area contributed by atoms with E-state index in [1.54, 1.807) is 30.3 Å². The maximum absolute atomic E-state index is 12.8. The highest BCUT2D eigenvalue weighted by atomic mass is 35.5. The fourth-order valence-electron chi connectivity index (χ4n) is 3.37. The van der Waals surface area contributed by atoms with Crippen molar-refractivity contribution in [3.8, 4) is 11.1 Å². The highest BCUT2D eigenvalue weighted by molar-refractivity contribution is 7.91. The van der Waals surface area contributed by atoms with E-state index >= 15 is 0 Å². The van der Waals surface area contributed by atoms with Gasteiger partial charge in [0, 0.05) is 0 Å². The Bertz CT molecular complexity index is 925. The average Bonchev–Trinajstić information content (AvgIpc) is 2.63. The van der Waals surface area contributed by atoms with E-state index in [1.807, 2.05) is 12.1 Å². The van der Waals surface area contributed by atoms with E-state index < -0.39 is 9.84 Å². The number of rotatable bonds is 4. The summed E-state index contributed by atoms with van der Waals surface area (Å²) >= 11 is 6.30. The molecule has 0 heterocycles. The summed E-state index contributed by atoms with van der Waals surface area (Å²) in [6.45, 7) is 6.99. The van der Waals surface area contributed by atoms with E-state index in [0.717, 1.165) is 24.0 Å². The van der Waals surface area contributed by atoms with Crippen molar-refractivity contribution in [2.75, 3.05) is 5.75 Å². The van der Waals surface area contributed by atoms with Crippen LogP contribution in [0.1, 0.15) is 25.7 Å². The van der Waals surface area contributed by atoms with Crippen LogP contribution in [0.25, 0.3) is 16.0 Å². The summed E-state index contributed by atoms with van der Waals surface area (Å²) in [7, 11) is -3.47. The lowest BCUT2D eigenvalue weighted by Gasteiger charge is -2.25. The lowest BCUT2D eigenvalue weighted by molar-refractivity contribution is 0.113. The van der Waals surface area contributed by atoms with Crippen molar-refractivity contribution in [2.45, 2.75) is 36.7 Å². The zero-order chi connectivity index (χ0) is 18.7. The third kappa shape index (κ3) is 4.27. The Kier molecular flexibility index (Phi) is 5.67. The van der Waals surface area contributed by atoms with Crippen LogP contribution >= 0.6 is 11.6 Å². The van der Waals surface area contributed by atoms with Crippen LogP contribution in [-0.2, 0) is 9.84 Å². The second-order valence-electron chi connectivity index (χ2n) is 6.76. The summed E-state index contributed by atoms with van der Waals surface area (Å²) in [6.07, 6.45) is 2.47. The molecule has 0 saturated heterocycles. The first kappa shape index (κ1) is 18.9. The zero-order valence-electron chi connectivity index (χ0n) is 14.2. The first-order valence-electron chi connectivity index (χ1n) is 8.57. The van der Waals surface area contributed by atoms with E-state index in [9.17, 15) is 13.5 Å². The minimum absolute atomic E-state index is 0.0679. The number of benzene rings is 2. The molecule has 26 heavy (non-hydrogen) atoms. The molecule has 1 aliphatic rings. The van der Waals surface area contributed by atoms with Crippen LogP contribution in [0.15, 0.2) is 47.4 Å². The quantitative estimate of drug-likeness (QED) is 0.758. The highest BCUT2D eigenvalue weighted by Crippen LogP contribution is 2.32. The Hall–Kier alpha value is -1.87. The first-order chi connectivity index (χ1) is 12.4. The molecule has 0 aromatic heterocycles. The molecule has 1 aliphatic carbocycles. The average molecular weight is 390 g/mol. The minimum atomic E-state index is -3.47. The minimum Gasteiger partial charge on any atom is -0.393 e. The van der Waals surface area contributed by atoms with Crippen molar-refractivity contribution >= 4 is 27.1 Å². The number of aliphatic hydroxyl groups is 1. The molecule has 1 saturated carbocycles. The zero-order valence-corrected chi connectivity index (χ0v) is 15.8. The van der Waals surface area contributed by atoms with Crippen molar-refractivity contribution in [3.05, 3.63) is 58.9 Å². The number of hydrogen-bond acceptors (Lipinski definition) is 3. The van der Waals surface area contributed by atoms with Gasteiger partial charge in [-0.15, -0.1) is 0 Å². The summed E-state index contributed by atoms with van der Waals surface area (Å²) in [6, 6.07) is 12.0. The SMILES string of the molecule is [C-]#[N+]c1ccc(-c2ccc(S(=O)(=O)CC3CCC(O)CC3)c(Cl)c2)cc1. The summed E-state index contributed by atoms with van der Waals surface area (Å²) in [4.78, 5) is 3.52. The van der Waals surface area contributed by atoms with E-state index in [-0.39, 0.29) is 27.7 Å². The monoisotopic (exact) mass is 389 g/mol. The van der Waals surface area contributed by atoms with Gasteiger partial charge in [0.15, 0.2) is 15.5 Å². The Balaban J connectivity index is 1.81. The highest BCUT2D eigenvalue weighted by Gasteiger charge is 2.27. The molecule has 2 aromatic carbocycles. The van der Waals surface area contributed by atoms with Gasteiger partial charge in [0.05, 0.1) is 28.3 Å². The third-order valence-electron chi connectivity index (χ3n) is 4.87. The van der Waals surface area contributed by atoms with Crippen LogP contribution in [0.5, 0.6) is 0 Å². The molecule has 136 valence electrons. The summed E-state index contributed by atoms with van der Waals surface area (Å²) in [5.74, 6) is 0.138. The molecule has 1 fully saturated rings. The molecule has 3 rings (SSSR count). The lowest BCUT2D eigenvalue weighted by Crippen LogP contribution is -2.24. The fraction of sp³-hybridized carbons (Fsp3) is 0.350. The van der Waals surface area contributed by atoms with Crippen LogP contribution in [-0.4, -0.2) is 25.4 Å². The van der Waals surface area contributed by atoms with Crippen LogP contribution in [0.3, 0.4) is 0 Å². The number of hydrogen-bond donors (Lipinski definition) is 1. The van der Waals surface area contributed by atoms with E-state index in [2.05, 4.69) is 4.85 Å². The molecular weight excluding hydrogens is 370 g/mol. The van der Waals surface area contributed by atoms with Crippen LogP contribution < -0.4 is 0 Å². The molecule has 0 amide bonds.